The molecule has 2 aliphatic rings. The van der Waals surface area contributed by atoms with Crippen LogP contribution in [0, 0.1) is 23.6 Å². The summed E-state index contributed by atoms with van der Waals surface area (Å²) in [7, 11) is 0. The summed E-state index contributed by atoms with van der Waals surface area (Å²) in [6.45, 7) is 3.82. The highest BCUT2D eigenvalue weighted by Gasteiger charge is 2.32. The molecule has 1 aliphatic heterocycles. The minimum atomic E-state index is -0.327. The highest BCUT2D eigenvalue weighted by Crippen LogP contribution is 2.38. The van der Waals surface area contributed by atoms with Crippen LogP contribution in [0.1, 0.15) is 83.0 Å². The third kappa shape index (κ3) is 5.79. The van der Waals surface area contributed by atoms with E-state index in [1.165, 1.54) is 76.3 Å². The molecule has 0 bridgehead atoms. The van der Waals surface area contributed by atoms with Crippen molar-refractivity contribution in [3.8, 4) is 0 Å². The smallest absolute Gasteiger partial charge is 0.183 e. The lowest BCUT2D eigenvalue weighted by molar-refractivity contribution is -0.214. The van der Waals surface area contributed by atoms with Crippen molar-refractivity contribution in [2.75, 3.05) is 13.2 Å². The molecule has 26 heavy (non-hydrogen) atoms. The molecule has 1 saturated carbocycles. The van der Waals surface area contributed by atoms with E-state index in [0.29, 0.717) is 5.92 Å². The second kappa shape index (κ2) is 10.4. The zero-order valence-electron chi connectivity index (χ0n) is 16.3. The molecule has 1 heterocycles. The number of ether oxygens (including phenoxy) is 2. The number of hydrogen-bond donors (Lipinski definition) is 0. The van der Waals surface area contributed by atoms with E-state index in [-0.39, 0.29) is 12.1 Å². The van der Waals surface area contributed by atoms with E-state index in [1.807, 2.05) is 0 Å². The van der Waals surface area contributed by atoms with Crippen molar-refractivity contribution < 1.29 is 13.9 Å². The summed E-state index contributed by atoms with van der Waals surface area (Å²) in [5, 5.41) is 0. The summed E-state index contributed by atoms with van der Waals surface area (Å²) >= 11 is 0. The Morgan fingerprint density at radius 2 is 1.50 bits per heavy atom. The molecule has 0 atom stereocenters. The topological polar surface area (TPSA) is 18.5 Å². The zero-order valence-corrected chi connectivity index (χ0v) is 16.3. The minimum absolute atomic E-state index is 0.218. The number of unbranched alkanes of at least 4 members (excludes halogenated alkanes) is 4. The van der Waals surface area contributed by atoms with Gasteiger partial charge in [-0.05, 0) is 36.8 Å². The Hall–Kier alpha value is -0.930. The molecule has 3 rings (SSSR count). The number of hydrogen-bond acceptors (Lipinski definition) is 2. The Morgan fingerprint density at radius 1 is 0.846 bits per heavy atom. The van der Waals surface area contributed by atoms with Crippen molar-refractivity contribution in [3.05, 3.63) is 35.6 Å². The van der Waals surface area contributed by atoms with Gasteiger partial charge in [-0.2, -0.15) is 0 Å². The number of benzene rings is 1. The van der Waals surface area contributed by atoms with Gasteiger partial charge >= 0.3 is 0 Å². The average Bonchev–Trinajstić information content (AvgIpc) is 2.69. The van der Waals surface area contributed by atoms with Crippen LogP contribution < -0.4 is 0 Å². The normalized spacial score (nSPS) is 29.6. The first-order valence-electron chi connectivity index (χ1n) is 10.7. The largest absolute Gasteiger partial charge is 0.348 e. The fraction of sp³-hybridized carbons (Fsp3) is 0.739. The van der Waals surface area contributed by atoms with Gasteiger partial charge in [0.1, 0.15) is 5.82 Å². The van der Waals surface area contributed by atoms with Gasteiger partial charge in [-0.3, -0.25) is 0 Å². The van der Waals surface area contributed by atoms with Gasteiger partial charge in [0.15, 0.2) is 6.29 Å². The van der Waals surface area contributed by atoms with Crippen LogP contribution in [0.2, 0.25) is 0 Å². The van der Waals surface area contributed by atoms with E-state index in [1.54, 1.807) is 12.1 Å². The Bertz CT molecular complexity index is 499. The predicted octanol–water partition coefficient (Wildman–Crippen LogP) is 6.65. The molecule has 3 heteroatoms. The Balaban J connectivity index is 1.34. The molecule has 0 spiro atoms. The second-order valence-electron chi connectivity index (χ2n) is 8.29. The van der Waals surface area contributed by atoms with E-state index in [2.05, 4.69) is 6.92 Å². The molecular formula is C23H35FO2. The summed E-state index contributed by atoms with van der Waals surface area (Å²) in [6, 6.07) is 6.45. The Labute approximate surface area is 158 Å². The van der Waals surface area contributed by atoms with Gasteiger partial charge in [0.05, 0.1) is 13.2 Å². The van der Waals surface area contributed by atoms with Crippen LogP contribution in [-0.4, -0.2) is 13.2 Å². The van der Waals surface area contributed by atoms with Crippen LogP contribution in [0.3, 0.4) is 0 Å². The van der Waals surface area contributed by atoms with Crippen molar-refractivity contribution in [3.63, 3.8) is 0 Å². The van der Waals surface area contributed by atoms with Gasteiger partial charge < -0.3 is 9.47 Å². The van der Waals surface area contributed by atoms with Crippen LogP contribution in [-0.2, 0) is 9.47 Å². The summed E-state index contributed by atoms with van der Waals surface area (Å²) in [6.07, 6.45) is 13.5. The fourth-order valence-corrected chi connectivity index (χ4v) is 4.59. The van der Waals surface area contributed by atoms with Crippen LogP contribution in [0.15, 0.2) is 24.3 Å². The van der Waals surface area contributed by atoms with Crippen molar-refractivity contribution in [2.45, 2.75) is 77.4 Å². The van der Waals surface area contributed by atoms with Crippen LogP contribution in [0.25, 0.3) is 0 Å². The first kappa shape index (κ1) is 19.8. The Kier molecular flexibility index (Phi) is 7.94. The van der Waals surface area contributed by atoms with Crippen molar-refractivity contribution >= 4 is 0 Å². The number of rotatable bonds is 8. The molecule has 1 aromatic carbocycles. The van der Waals surface area contributed by atoms with E-state index in [0.717, 1.165) is 30.6 Å². The molecule has 1 saturated heterocycles. The highest BCUT2D eigenvalue weighted by molar-refractivity contribution is 5.17. The molecular weight excluding hydrogens is 327 g/mol. The first-order chi connectivity index (χ1) is 12.8. The summed E-state index contributed by atoms with van der Waals surface area (Å²) in [5.74, 6) is 2.01. The summed E-state index contributed by atoms with van der Waals surface area (Å²) in [5.41, 5.74) is 0.914. The number of halogens is 1. The maximum atomic E-state index is 13.0. The molecule has 0 radical (unpaired) electrons. The lowest BCUT2D eigenvalue weighted by Crippen LogP contribution is -2.34. The van der Waals surface area contributed by atoms with Crippen molar-refractivity contribution in [2.24, 2.45) is 17.8 Å². The monoisotopic (exact) mass is 362 g/mol. The Morgan fingerprint density at radius 3 is 2.15 bits per heavy atom. The minimum Gasteiger partial charge on any atom is -0.348 e. The quantitative estimate of drug-likeness (QED) is 0.482. The maximum Gasteiger partial charge on any atom is 0.183 e. The van der Waals surface area contributed by atoms with E-state index in [4.69, 9.17) is 9.47 Å². The summed E-state index contributed by atoms with van der Waals surface area (Å²) < 4.78 is 24.9. The van der Waals surface area contributed by atoms with Gasteiger partial charge in [0.25, 0.3) is 0 Å². The average molecular weight is 363 g/mol. The van der Waals surface area contributed by atoms with Gasteiger partial charge in [-0.15, -0.1) is 0 Å². The second-order valence-corrected chi connectivity index (χ2v) is 8.29. The molecule has 2 nitrogen and oxygen atoms in total. The van der Waals surface area contributed by atoms with E-state index in [9.17, 15) is 4.39 Å². The van der Waals surface area contributed by atoms with Crippen LogP contribution in [0.5, 0.6) is 0 Å². The molecule has 2 fully saturated rings. The van der Waals surface area contributed by atoms with Crippen LogP contribution >= 0.6 is 0 Å². The predicted molar refractivity (Wildman–Crippen MR) is 103 cm³/mol. The van der Waals surface area contributed by atoms with Crippen LogP contribution in [0.4, 0.5) is 4.39 Å². The highest BCUT2D eigenvalue weighted by atomic mass is 19.1. The van der Waals surface area contributed by atoms with Gasteiger partial charge in [0.2, 0.25) is 0 Å². The molecule has 1 aliphatic carbocycles. The van der Waals surface area contributed by atoms with Gasteiger partial charge in [-0.1, -0.05) is 70.4 Å². The fourth-order valence-electron chi connectivity index (χ4n) is 4.59. The third-order valence-electron chi connectivity index (χ3n) is 6.34. The molecule has 0 amide bonds. The van der Waals surface area contributed by atoms with Gasteiger partial charge in [-0.25, -0.2) is 4.39 Å². The maximum absolute atomic E-state index is 13.0. The standard InChI is InChI=1S/C23H35FO2/c1-2-3-4-5-6-7-18-8-10-19(11-9-18)21-16-25-23(26-17-21)20-12-14-22(24)15-13-20/h12-15,18-19,21,23H,2-11,16-17H2,1H3. The SMILES string of the molecule is CCCCCCCC1CCC(C2COC(c3ccc(F)cc3)OC2)CC1. The van der Waals surface area contributed by atoms with E-state index >= 15 is 0 Å². The molecule has 1 aromatic rings. The lowest BCUT2D eigenvalue weighted by atomic mass is 9.74. The first-order valence-corrected chi connectivity index (χ1v) is 10.7. The lowest BCUT2D eigenvalue weighted by Gasteiger charge is -2.38. The van der Waals surface area contributed by atoms with E-state index < -0.39 is 0 Å². The zero-order chi connectivity index (χ0) is 18.2. The molecule has 0 unspecified atom stereocenters. The van der Waals surface area contributed by atoms with Crippen molar-refractivity contribution in [1.82, 2.24) is 0 Å². The molecule has 146 valence electrons. The third-order valence-corrected chi connectivity index (χ3v) is 6.34. The van der Waals surface area contributed by atoms with Gasteiger partial charge in [0, 0.05) is 11.5 Å². The molecule has 0 N–H and O–H groups in total. The van der Waals surface area contributed by atoms with Crippen molar-refractivity contribution in [1.29, 1.82) is 0 Å². The molecule has 0 aromatic heterocycles. The summed E-state index contributed by atoms with van der Waals surface area (Å²) in [4.78, 5) is 0.